The predicted octanol–water partition coefficient (Wildman–Crippen LogP) is 3.49. The van der Waals surface area contributed by atoms with Crippen LogP contribution in [0.1, 0.15) is 32.0 Å². The molecule has 1 N–H and O–H groups in total. The van der Waals surface area contributed by atoms with Gasteiger partial charge >= 0.3 is 6.18 Å². The Morgan fingerprint density at radius 1 is 0.933 bits per heavy atom. The number of rotatable bonds is 2. The van der Waals surface area contributed by atoms with Crippen molar-refractivity contribution in [2.24, 2.45) is 0 Å². The van der Waals surface area contributed by atoms with Gasteiger partial charge in [-0.3, -0.25) is 14.7 Å². The molecule has 1 aliphatic heterocycles. The number of halogens is 3. The molecule has 0 bridgehead atoms. The van der Waals surface area contributed by atoms with Crippen molar-refractivity contribution in [3.05, 3.63) is 64.8 Å². The molecule has 0 saturated carbocycles. The van der Waals surface area contributed by atoms with E-state index in [0.717, 1.165) is 28.6 Å². The number of amides is 2. The van der Waals surface area contributed by atoms with Crippen molar-refractivity contribution in [1.29, 1.82) is 0 Å². The van der Waals surface area contributed by atoms with Gasteiger partial charge in [-0.25, -0.2) is 0 Å². The Morgan fingerprint density at radius 2 is 1.53 bits per heavy atom. The van der Waals surface area contributed by atoms with Crippen LogP contribution in [0.2, 0.25) is 0 Å². The Hall–Kier alpha value is -3.36. The van der Waals surface area contributed by atoms with Gasteiger partial charge in [0.05, 0.1) is 11.1 Å². The fourth-order valence-corrected chi connectivity index (χ4v) is 3.54. The topological polar surface area (TPSA) is 69.3 Å². The summed E-state index contributed by atoms with van der Waals surface area (Å²) in [5.74, 6) is -0.565. The molecule has 4 rings (SSSR count). The minimum Gasteiger partial charge on any atom is -0.335 e. The molecule has 0 radical (unpaired) electrons. The number of nitrogens with one attached hydrogen (secondary N) is 1. The molecule has 156 valence electrons. The Balaban J connectivity index is 1.42. The molecule has 9 heteroatoms. The molecule has 0 unspecified atom stereocenters. The van der Waals surface area contributed by atoms with Crippen LogP contribution in [-0.2, 0) is 6.18 Å². The van der Waals surface area contributed by atoms with E-state index >= 15 is 0 Å². The van der Waals surface area contributed by atoms with E-state index in [-0.39, 0.29) is 17.4 Å². The first kappa shape index (κ1) is 19.9. The van der Waals surface area contributed by atoms with Crippen molar-refractivity contribution in [2.45, 2.75) is 13.1 Å². The first-order valence-electron chi connectivity index (χ1n) is 9.44. The van der Waals surface area contributed by atoms with E-state index in [9.17, 15) is 22.8 Å². The molecule has 1 saturated heterocycles. The molecule has 0 atom stereocenters. The number of carbonyl (C=O) groups excluding carboxylic acids is 2. The second kappa shape index (κ2) is 7.47. The lowest BCUT2D eigenvalue weighted by Gasteiger charge is -2.34. The number of piperazine rings is 1. The van der Waals surface area contributed by atoms with Crippen molar-refractivity contribution in [3.8, 4) is 0 Å². The molecular formula is C21H19F3N4O2. The van der Waals surface area contributed by atoms with Gasteiger partial charge in [-0.05, 0) is 43.3 Å². The highest BCUT2D eigenvalue weighted by Gasteiger charge is 2.31. The third-order valence-corrected chi connectivity index (χ3v) is 5.23. The zero-order chi connectivity index (χ0) is 21.5. The molecular weight excluding hydrogens is 397 g/mol. The van der Waals surface area contributed by atoms with Crippen molar-refractivity contribution in [3.63, 3.8) is 0 Å². The van der Waals surface area contributed by atoms with Crippen LogP contribution >= 0.6 is 0 Å². The highest BCUT2D eigenvalue weighted by molar-refractivity contribution is 6.05. The van der Waals surface area contributed by atoms with E-state index in [1.165, 1.54) is 12.1 Å². The summed E-state index contributed by atoms with van der Waals surface area (Å²) in [6.45, 7) is 3.18. The molecule has 1 aromatic heterocycles. The lowest BCUT2D eigenvalue weighted by atomic mass is 10.1. The van der Waals surface area contributed by atoms with E-state index in [2.05, 4.69) is 10.2 Å². The summed E-state index contributed by atoms with van der Waals surface area (Å²) in [4.78, 5) is 28.7. The molecule has 30 heavy (non-hydrogen) atoms. The summed E-state index contributed by atoms with van der Waals surface area (Å²) in [5.41, 5.74) is 1.54. The van der Waals surface area contributed by atoms with Crippen molar-refractivity contribution in [2.75, 3.05) is 26.2 Å². The lowest BCUT2D eigenvalue weighted by molar-refractivity contribution is -0.137. The molecule has 1 fully saturated rings. The van der Waals surface area contributed by atoms with E-state index in [1.54, 1.807) is 9.80 Å². The summed E-state index contributed by atoms with van der Waals surface area (Å²) in [7, 11) is 0. The van der Waals surface area contributed by atoms with Gasteiger partial charge in [0.2, 0.25) is 0 Å². The molecule has 2 aromatic carbocycles. The van der Waals surface area contributed by atoms with Crippen LogP contribution in [0.3, 0.4) is 0 Å². The summed E-state index contributed by atoms with van der Waals surface area (Å²) in [6.07, 6.45) is -4.44. The highest BCUT2D eigenvalue weighted by Crippen LogP contribution is 2.29. The van der Waals surface area contributed by atoms with Crippen LogP contribution in [0.4, 0.5) is 13.2 Å². The van der Waals surface area contributed by atoms with Gasteiger partial charge in [-0.2, -0.15) is 18.3 Å². The first-order valence-corrected chi connectivity index (χ1v) is 9.44. The van der Waals surface area contributed by atoms with Crippen molar-refractivity contribution < 1.29 is 22.8 Å². The summed E-state index contributed by atoms with van der Waals surface area (Å²) in [5, 5.41) is 7.76. The number of H-pyrrole nitrogens is 1. The van der Waals surface area contributed by atoms with Gasteiger partial charge in [0.15, 0.2) is 5.69 Å². The molecule has 2 amide bonds. The number of carbonyl (C=O) groups is 2. The molecule has 3 aromatic rings. The molecule has 0 aliphatic carbocycles. The maximum absolute atomic E-state index is 12.9. The normalized spacial score (nSPS) is 14.9. The van der Waals surface area contributed by atoms with Crippen LogP contribution in [0.25, 0.3) is 10.9 Å². The fraction of sp³-hybridized carbons (Fsp3) is 0.286. The third-order valence-electron chi connectivity index (χ3n) is 5.23. The number of aryl methyl sites for hydroxylation is 1. The van der Waals surface area contributed by atoms with E-state index in [1.807, 2.05) is 25.1 Å². The number of benzene rings is 2. The molecule has 2 heterocycles. The number of aromatic amines is 1. The predicted molar refractivity (Wildman–Crippen MR) is 104 cm³/mol. The zero-order valence-electron chi connectivity index (χ0n) is 16.2. The number of nitrogens with zero attached hydrogens (tertiary/aromatic N) is 3. The van der Waals surface area contributed by atoms with Crippen molar-refractivity contribution >= 4 is 22.7 Å². The standard InChI is InChI=1S/C21H19F3N4O2/c1-13-2-7-17-16(12-13)18(26-25-17)20(30)28-10-8-27(9-11-28)19(29)14-3-5-15(6-4-14)21(22,23)24/h2-7,12H,8-11H2,1H3,(H,25,26). The van der Waals surface area contributed by atoms with Crippen molar-refractivity contribution in [1.82, 2.24) is 20.0 Å². The first-order chi connectivity index (χ1) is 14.2. The van der Waals surface area contributed by atoms with Crippen LogP contribution in [0.5, 0.6) is 0 Å². The van der Waals surface area contributed by atoms with Gasteiger partial charge in [-0.1, -0.05) is 11.6 Å². The zero-order valence-corrected chi connectivity index (χ0v) is 16.2. The van der Waals surface area contributed by atoms with Crippen LogP contribution in [0, 0.1) is 6.92 Å². The number of fused-ring (bicyclic) bond motifs is 1. The Morgan fingerprint density at radius 3 is 2.13 bits per heavy atom. The second-order valence-electron chi connectivity index (χ2n) is 7.28. The molecule has 0 spiro atoms. The smallest absolute Gasteiger partial charge is 0.335 e. The SMILES string of the molecule is Cc1ccc2[nH]nc(C(=O)N3CCN(C(=O)c4ccc(C(F)(F)F)cc4)CC3)c2c1. The number of hydrogen-bond donors (Lipinski definition) is 1. The van der Waals surface area contributed by atoms with Crippen LogP contribution in [0.15, 0.2) is 42.5 Å². The quantitative estimate of drug-likeness (QED) is 0.695. The Kier molecular flexibility index (Phi) is 4.97. The van der Waals surface area contributed by atoms with E-state index < -0.39 is 11.7 Å². The minimum atomic E-state index is -4.44. The van der Waals surface area contributed by atoms with E-state index in [4.69, 9.17) is 0 Å². The Bertz CT molecular complexity index is 1100. The summed E-state index contributed by atoms with van der Waals surface area (Å²) >= 11 is 0. The summed E-state index contributed by atoms with van der Waals surface area (Å²) < 4.78 is 38.1. The molecule has 1 aliphatic rings. The highest BCUT2D eigenvalue weighted by atomic mass is 19.4. The minimum absolute atomic E-state index is 0.191. The van der Waals surface area contributed by atoms with Crippen LogP contribution < -0.4 is 0 Å². The molecule has 6 nitrogen and oxygen atoms in total. The lowest BCUT2D eigenvalue weighted by Crippen LogP contribution is -2.50. The largest absolute Gasteiger partial charge is 0.416 e. The average molecular weight is 416 g/mol. The fourth-order valence-electron chi connectivity index (χ4n) is 3.54. The van der Waals surface area contributed by atoms with Crippen LogP contribution in [-0.4, -0.2) is 58.0 Å². The maximum Gasteiger partial charge on any atom is 0.416 e. The van der Waals surface area contributed by atoms with Gasteiger partial charge in [-0.15, -0.1) is 0 Å². The average Bonchev–Trinajstić information content (AvgIpc) is 3.15. The van der Waals surface area contributed by atoms with Gasteiger partial charge in [0.1, 0.15) is 0 Å². The van der Waals surface area contributed by atoms with Gasteiger partial charge in [0.25, 0.3) is 11.8 Å². The second-order valence-corrected chi connectivity index (χ2v) is 7.28. The monoisotopic (exact) mass is 416 g/mol. The van der Waals surface area contributed by atoms with E-state index in [0.29, 0.717) is 31.9 Å². The number of aromatic nitrogens is 2. The van der Waals surface area contributed by atoms with Gasteiger partial charge in [0, 0.05) is 37.1 Å². The number of hydrogen-bond acceptors (Lipinski definition) is 3. The number of alkyl halides is 3. The Labute approximate surface area is 170 Å². The third kappa shape index (κ3) is 3.74. The maximum atomic E-state index is 12.9. The van der Waals surface area contributed by atoms with Gasteiger partial charge < -0.3 is 9.80 Å². The summed E-state index contributed by atoms with van der Waals surface area (Å²) in [6, 6.07) is 9.86.